The minimum Gasteiger partial charge on any atom is -0.326 e. The number of rotatable bonds is 2. The second-order valence-corrected chi connectivity index (χ2v) is 6.54. The Kier molecular flexibility index (Phi) is 3.37. The van der Waals surface area contributed by atoms with Gasteiger partial charge >= 0.3 is 0 Å². The summed E-state index contributed by atoms with van der Waals surface area (Å²) in [6, 6.07) is 2.40. The summed E-state index contributed by atoms with van der Waals surface area (Å²) in [5, 5.41) is 0. The fourth-order valence-electron chi connectivity index (χ4n) is 2.83. The minimum absolute atomic E-state index is 0.299. The molecule has 0 radical (unpaired) electrons. The van der Waals surface area contributed by atoms with E-state index in [0.717, 1.165) is 29.8 Å². The first kappa shape index (κ1) is 13.1. The molecule has 0 saturated carbocycles. The summed E-state index contributed by atoms with van der Waals surface area (Å²) in [7, 11) is 0. The molecule has 3 rings (SSSR count). The zero-order chi connectivity index (χ0) is 13.6. The normalized spacial score (nSPS) is 24.4. The predicted octanol–water partition coefficient (Wildman–Crippen LogP) is 2.18. The largest absolute Gasteiger partial charge is 0.326 e. The Morgan fingerprint density at radius 2 is 2.26 bits per heavy atom. The molecule has 4 nitrogen and oxygen atoms in total. The lowest BCUT2D eigenvalue weighted by Crippen LogP contribution is -2.28. The van der Waals surface area contributed by atoms with Crippen LogP contribution in [0, 0.1) is 12.8 Å². The van der Waals surface area contributed by atoms with Gasteiger partial charge in [0.2, 0.25) is 0 Å². The first-order valence-electron chi connectivity index (χ1n) is 6.64. The van der Waals surface area contributed by atoms with Gasteiger partial charge in [-0.25, -0.2) is 4.98 Å². The van der Waals surface area contributed by atoms with Gasteiger partial charge in [-0.2, -0.15) is 0 Å². The van der Waals surface area contributed by atoms with E-state index in [-0.39, 0.29) is 0 Å². The van der Waals surface area contributed by atoms with Gasteiger partial charge in [-0.15, -0.1) is 0 Å². The minimum atomic E-state index is 0.299. The number of imidazole rings is 1. The smallest absolute Gasteiger partial charge is 0.139 e. The van der Waals surface area contributed by atoms with Gasteiger partial charge in [0.15, 0.2) is 0 Å². The maximum Gasteiger partial charge on any atom is 0.139 e. The van der Waals surface area contributed by atoms with Crippen molar-refractivity contribution in [1.82, 2.24) is 14.3 Å². The number of halogens is 1. The predicted molar refractivity (Wildman–Crippen MR) is 80.0 cm³/mol. The maximum absolute atomic E-state index is 6.09. The van der Waals surface area contributed by atoms with E-state index < -0.39 is 0 Å². The summed E-state index contributed by atoms with van der Waals surface area (Å²) in [4.78, 5) is 6.94. The van der Waals surface area contributed by atoms with E-state index in [2.05, 4.69) is 56.3 Å². The molecule has 2 aromatic rings. The Morgan fingerprint density at radius 1 is 1.47 bits per heavy atom. The van der Waals surface area contributed by atoms with Crippen LogP contribution < -0.4 is 5.73 Å². The third-order valence-electron chi connectivity index (χ3n) is 3.96. The molecule has 1 fully saturated rings. The first-order chi connectivity index (χ1) is 9.04. The highest BCUT2D eigenvalue weighted by Gasteiger charge is 2.26. The van der Waals surface area contributed by atoms with Crippen LogP contribution in [0.1, 0.15) is 18.2 Å². The fraction of sp³-hybridized carbons (Fsp3) is 0.500. The fourth-order valence-corrected chi connectivity index (χ4v) is 3.38. The molecular formula is C14H19BrN4. The lowest BCUT2D eigenvalue weighted by molar-refractivity contribution is 0.314. The van der Waals surface area contributed by atoms with Crippen molar-refractivity contribution in [3.8, 4) is 0 Å². The van der Waals surface area contributed by atoms with Crippen LogP contribution in [0.4, 0.5) is 0 Å². The molecule has 2 unspecified atom stereocenters. The molecule has 3 heterocycles. The zero-order valence-corrected chi connectivity index (χ0v) is 12.9. The van der Waals surface area contributed by atoms with Crippen molar-refractivity contribution in [3.63, 3.8) is 0 Å². The number of hydrogen-bond donors (Lipinski definition) is 1. The summed E-state index contributed by atoms with van der Waals surface area (Å²) in [5.74, 6) is 0.577. The Hall–Kier alpha value is -0.910. The second kappa shape index (κ2) is 4.89. The molecule has 1 aliphatic rings. The Labute approximate surface area is 121 Å². The SMILES string of the molecule is Cc1cc(Br)cn2c(CN3CC(C)C(N)C3)cnc12. The van der Waals surface area contributed by atoms with Crippen LogP contribution in [0.2, 0.25) is 0 Å². The van der Waals surface area contributed by atoms with Crippen molar-refractivity contribution >= 4 is 21.6 Å². The molecule has 2 N–H and O–H groups in total. The van der Waals surface area contributed by atoms with Gasteiger partial charge in [-0.1, -0.05) is 6.92 Å². The highest BCUT2D eigenvalue weighted by atomic mass is 79.9. The Bertz CT molecular complexity index is 597. The average Bonchev–Trinajstić information content (AvgIpc) is 2.85. The van der Waals surface area contributed by atoms with Crippen LogP contribution >= 0.6 is 15.9 Å². The van der Waals surface area contributed by atoms with Crippen molar-refractivity contribution < 1.29 is 0 Å². The second-order valence-electron chi connectivity index (χ2n) is 5.62. The summed E-state index contributed by atoms with van der Waals surface area (Å²) < 4.78 is 3.26. The number of fused-ring (bicyclic) bond motifs is 1. The topological polar surface area (TPSA) is 46.6 Å². The van der Waals surface area contributed by atoms with Gasteiger partial charge in [0.05, 0.1) is 11.9 Å². The van der Waals surface area contributed by atoms with Gasteiger partial charge in [0.1, 0.15) is 5.65 Å². The zero-order valence-electron chi connectivity index (χ0n) is 11.3. The van der Waals surface area contributed by atoms with Crippen molar-refractivity contribution in [2.75, 3.05) is 13.1 Å². The van der Waals surface area contributed by atoms with Crippen LogP contribution in [-0.2, 0) is 6.54 Å². The number of nitrogens with zero attached hydrogens (tertiary/aromatic N) is 3. The van der Waals surface area contributed by atoms with E-state index in [9.17, 15) is 0 Å². The summed E-state index contributed by atoms with van der Waals surface area (Å²) in [6.07, 6.45) is 4.06. The highest BCUT2D eigenvalue weighted by molar-refractivity contribution is 9.10. The monoisotopic (exact) mass is 322 g/mol. The highest BCUT2D eigenvalue weighted by Crippen LogP contribution is 2.21. The van der Waals surface area contributed by atoms with Crippen LogP contribution in [0.15, 0.2) is 22.9 Å². The number of hydrogen-bond acceptors (Lipinski definition) is 3. The molecule has 19 heavy (non-hydrogen) atoms. The average molecular weight is 323 g/mol. The van der Waals surface area contributed by atoms with Crippen molar-refractivity contribution in [3.05, 3.63) is 34.2 Å². The number of pyridine rings is 1. The van der Waals surface area contributed by atoms with Crippen molar-refractivity contribution in [2.45, 2.75) is 26.4 Å². The van der Waals surface area contributed by atoms with E-state index in [4.69, 9.17) is 5.73 Å². The van der Waals surface area contributed by atoms with E-state index in [1.165, 1.54) is 11.3 Å². The first-order valence-corrected chi connectivity index (χ1v) is 7.44. The van der Waals surface area contributed by atoms with Crippen LogP contribution in [0.25, 0.3) is 5.65 Å². The summed E-state index contributed by atoms with van der Waals surface area (Å²) >= 11 is 3.55. The van der Waals surface area contributed by atoms with Crippen LogP contribution in [0.3, 0.4) is 0 Å². The van der Waals surface area contributed by atoms with Gasteiger partial charge in [-0.3, -0.25) is 4.90 Å². The number of aromatic nitrogens is 2. The molecular weight excluding hydrogens is 304 g/mol. The lowest BCUT2D eigenvalue weighted by Gasteiger charge is -2.15. The third kappa shape index (κ3) is 2.42. The van der Waals surface area contributed by atoms with E-state index in [1.807, 2.05) is 6.20 Å². The molecule has 0 aliphatic carbocycles. The molecule has 0 bridgehead atoms. The van der Waals surface area contributed by atoms with Crippen LogP contribution in [-0.4, -0.2) is 33.4 Å². The van der Waals surface area contributed by atoms with Crippen molar-refractivity contribution in [2.24, 2.45) is 11.7 Å². The van der Waals surface area contributed by atoms with E-state index in [0.29, 0.717) is 12.0 Å². The standard InChI is InChI=1S/C14H19BrN4/c1-9-3-11(15)6-19-12(4-17-14(9)19)7-18-5-10(2)13(16)8-18/h3-4,6,10,13H,5,7-8,16H2,1-2H3. The molecule has 2 atom stereocenters. The molecule has 2 aromatic heterocycles. The van der Waals surface area contributed by atoms with Crippen molar-refractivity contribution in [1.29, 1.82) is 0 Å². The molecule has 0 aromatic carbocycles. The quantitative estimate of drug-likeness (QED) is 0.921. The number of nitrogens with two attached hydrogens (primary N) is 1. The van der Waals surface area contributed by atoms with Gasteiger partial charge in [-0.05, 0) is 40.4 Å². The third-order valence-corrected chi connectivity index (χ3v) is 4.40. The Morgan fingerprint density at radius 3 is 2.95 bits per heavy atom. The summed E-state index contributed by atoms with van der Waals surface area (Å²) in [6.45, 7) is 7.27. The Balaban J connectivity index is 1.90. The lowest BCUT2D eigenvalue weighted by atomic mass is 10.1. The number of likely N-dealkylation sites (tertiary alicyclic amines) is 1. The maximum atomic E-state index is 6.09. The van der Waals surface area contributed by atoms with Crippen LogP contribution in [0.5, 0.6) is 0 Å². The van der Waals surface area contributed by atoms with Gasteiger partial charge < -0.3 is 10.1 Å². The van der Waals surface area contributed by atoms with Gasteiger partial charge in [0, 0.05) is 36.3 Å². The molecule has 102 valence electrons. The molecule has 1 aliphatic heterocycles. The molecule has 1 saturated heterocycles. The van der Waals surface area contributed by atoms with Gasteiger partial charge in [0.25, 0.3) is 0 Å². The van der Waals surface area contributed by atoms with E-state index in [1.54, 1.807) is 0 Å². The number of aryl methyl sites for hydroxylation is 1. The molecule has 0 amide bonds. The molecule has 0 spiro atoms. The molecule has 5 heteroatoms. The van der Waals surface area contributed by atoms with E-state index >= 15 is 0 Å². The summed E-state index contributed by atoms with van der Waals surface area (Å²) in [5.41, 5.74) is 9.53.